The Balaban J connectivity index is -0.0000000750. The minimum atomic E-state index is 0. The molecule has 0 bridgehead atoms. The van der Waals surface area contributed by atoms with E-state index in [4.69, 9.17) is 10.5 Å². The van der Waals surface area contributed by atoms with Gasteiger partial charge in [0, 0.05) is 20.4 Å². The predicted molar refractivity (Wildman–Crippen MR) is 29.7 cm³/mol. The quantitative estimate of drug-likeness (QED) is 0.413. The van der Waals surface area contributed by atoms with Gasteiger partial charge in [-0.1, -0.05) is 13.8 Å². The molecule has 0 atom stereocenters. The van der Waals surface area contributed by atoms with Crippen LogP contribution in [0.15, 0.2) is 0 Å². The predicted octanol–water partition coefficient (Wildman–Crippen LogP) is 1.41. The molecular formula is C4H12NO2Pd-. The number of hydrogen-bond acceptors (Lipinski definition) is 2. The first-order chi connectivity index (χ1) is 3.41. The summed E-state index contributed by atoms with van der Waals surface area (Å²) in [5.74, 6) is 0. The summed E-state index contributed by atoms with van der Waals surface area (Å²) < 4.78 is 0. The van der Waals surface area contributed by atoms with E-state index in [0.29, 0.717) is 0 Å². The molecule has 0 aliphatic heterocycles. The van der Waals surface area contributed by atoms with Crippen LogP contribution in [0, 0.1) is 0 Å². The van der Waals surface area contributed by atoms with E-state index in [1.165, 1.54) is 0 Å². The maximum atomic E-state index is 6.00. The van der Waals surface area contributed by atoms with Gasteiger partial charge in [0.05, 0.1) is 0 Å². The van der Waals surface area contributed by atoms with Crippen LogP contribution < -0.4 is 0 Å². The molecular weight excluding hydrogens is 200 g/mol. The molecule has 0 spiro atoms. The van der Waals surface area contributed by atoms with E-state index < -0.39 is 0 Å². The zero-order valence-electron chi connectivity index (χ0n) is 5.07. The fourth-order valence-corrected chi connectivity index (χ4v) is 0.224. The molecule has 0 aliphatic rings. The summed E-state index contributed by atoms with van der Waals surface area (Å²) in [7, 11) is 0. The summed E-state index contributed by atoms with van der Waals surface area (Å²) in [6, 6.07) is 0. The number of rotatable bonds is 2. The molecule has 0 aromatic rings. The molecule has 0 fully saturated rings. The van der Waals surface area contributed by atoms with Crippen molar-refractivity contribution in [2.24, 2.45) is 0 Å². The summed E-state index contributed by atoms with van der Waals surface area (Å²) in [5.41, 5.74) is 0. The van der Waals surface area contributed by atoms with E-state index in [1.807, 2.05) is 13.8 Å². The molecule has 56 valence electrons. The first-order valence-corrected chi connectivity index (χ1v) is 2.25. The van der Waals surface area contributed by atoms with E-state index in [0.717, 1.165) is 13.1 Å². The van der Waals surface area contributed by atoms with Crippen LogP contribution in [-0.2, 0) is 20.4 Å². The van der Waals surface area contributed by atoms with E-state index in [9.17, 15) is 0 Å². The third-order valence-electron chi connectivity index (χ3n) is 0.447. The first-order valence-electron chi connectivity index (χ1n) is 2.25. The van der Waals surface area contributed by atoms with Crippen LogP contribution in [0.5, 0.6) is 0 Å². The summed E-state index contributed by atoms with van der Waals surface area (Å²) in [6.07, 6.45) is 0. The normalized spacial score (nSPS) is 6.00. The van der Waals surface area contributed by atoms with E-state index in [-0.39, 0.29) is 20.4 Å². The number of nitrogens with zero attached hydrogens (tertiary/aromatic N) is 1. The largest absolute Gasteiger partial charge is 0.663 e. The van der Waals surface area contributed by atoms with Crippen LogP contribution in [0.25, 0.3) is 5.32 Å². The van der Waals surface area contributed by atoms with Crippen molar-refractivity contribution in [2.45, 2.75) is 13.8 Å². The molecule has 2 N–H and O–H groups in total. The van der Waals surface area contributed by atoms with E-state index in [1.54, 1.807) is 0 Å². The van der Waals surface area contributed by atoms with Crippen LogP contribution in [0.3, 0.4) is 0 Å². The maximum absolute atomic E-state index is 6.00. The van der Waals surface area contributed by atoms with Gasteiger partial charge in [-0.15, -0.1) is 0 Å². The van der Waals surface area contributed by atoms with Gasteiger partial charge in [-0.2, -0.15) is 13.1 Å². The van der Waals surface area contributed by atoms with Gasteiger partial charge in [-0.05, 0) is 0 Å². The minimum Gasteiger partial charge on any atom is -0.663 e. The average Bonchev–Trinajstić information content (AvgIpc) is 1.75. The standard InChI is InChI=1S/C4H10N.H2O2.Pd/c1-3-5-4-2;1-2;/h3-4H2,1-2H3;1-2H;/q-1;;. The first kappa shape index (κ1) is 15.8. The van der Waals surface area contributed by atoms with Gasteiger partial charge in [-0.25, -0.2) is 0 Å². The summed E-state index contributed by atoms with van der Waals surface area (Å²) in [4.78, 5) is 0. The molecule has 0 heterocycles. The van der Waals surface area contributed by atoms with Crippen molar-refractivity contribution in [2.75, 3.05) is 13.1 Å². The van der Waals surface area contributed by atoms with Gasteiger partial charge >= 0.3 is 0 Å². The van der Waals surface area contributed by atoms with E-state index in [2.05, 4.69) is 5.32 Å². The van der Waals surface area contributed by atoms with Crippen molar-refractivity contribution < 1.29 is 30.9 Å². The molecule has 0 aromatic carbocycles. The SMILES string of the molecule is CC[N-]CC.OO.[Pd]. The molecule has 0 saturated carbocycles. The third kappa shape index (κ3) is 31.1. The average molecular weight is 213 g/mol. The smallest absolute Gasteiger partial charge is 0 e. The Hall–Kier alpha value is 0.542. The second-order valence-electron chi connectivity index (χ2n) is 0.856. The Morgan fingerprint density at radius 2 is 1.38 bits per heavy atom. The van der Waals surface area contributed by atoms with Gasteiger partial charge in [0.1, 0.15) is 0 Å². The van der Waals surface area contributed by atoms with Crippen molar-refractivity contribution in [1.29, 1.82) is 0 Å². The van der Waals surface area contributed by atoms with Crippen LogP contribution in [0.4, 0.5) is 0 Å². The topological polar surface area (TPSA) is 54.6 Å². The van der Waals surface area contributed by atoms with Crippen LogP contribution in [0.1, 0.15) is 13.8 Å². The third-order valence-corrected chi connectivity index (χ3v) is 0.447. The van der Waals surface area contributed by atoms with Crippen molar-refractivity contribution in [3.05, 3.63) is 5.32 Å². The molecule has 0 aliphatic carbocycles. The molecule has 0 amide bonds. The van der Waals surface area contributed by atoms with Gasteiger partial charge in [0.2, 0.25) is 0 Å². The minimum absolute atomic E-state index is 0. The summed E-state index contributed by atoms with van der Waals surface area (Å²) in [5, 5.41) is 16.0. The van der Waals surface area contributed by atoms with E-state index >= 15 is 0 Å². The monoisotopic (exact) mass is 212 g/mol. The molecule has 0 saturated heterocycles. The van der Waals surface area contributed by atoms with Crippen molar-refractivity contribution in [3.8, 4) is 0 Å². The molecule has 0 aromatic heterocycles. The maximum Gasteiger partial charge on any atom is 0 e. The number of hydrogen-bond donors (Lipinski definition) is 2. The van der Waals surface area contributed by atoms with Crippen molar-refractivity contribution in [3.63, 3.8) is 0 Å². The van der Waals surface area contributed by atoms with Crippen molar-refractivity contribution >= 4 is 0 Å². The molecule has 4 heteroatoms. The Labute approximate surface area is 63.7 Å². The second kappa shape index (κ2) is 25.7. The Kier molecular flexibility index (Phi) is 50.9. The Morgan fingerprint density at radius 1 is 1.12 bits per heavy atom. The Bertz CT molecular complexity index is 21.5. The fraction of sp³-hybridized carbons (Fsp3) is 1.00. The van der Waals surface area contributed by atoms with Crippen LogP contribution in [0.2, 0.25) is 0 Å². The molecule has 0 unspecified atom stereocenters. The fourth-order valence-electron chi connectivity index (χ4n) is 0.224. The van der Waals surface area contributed by atoms with Gasteiger partial charge in [0.25, 0.3) is 0 Å². The summed E-state index contributed by atoms with van der Waals surface area (Å²) >= 11 is 0. The van der Waals surface area contributed by atoms with Crippen LogP contribution >= 0.6 is 0 Å². The zero-order valence-corrected chi connectivity index (χ0v) is 6.63. The zero-order chi connectivity index (χ0) is 6.12. The Morgan fingerprint density at radius 3 is 1.38 bits per heavy atom. The van der Waals surface area contributed by atoms with Crippen LogP contribution in [-0.4, -0.2) is 23.6 Å². The molecule has 3 nitrogen and oxygen atoms in total. The molecule has 0 radical (unpaired) electrons. The molecule has 8 heavy (non-hydrogen) atoms. The second-order valence-corrected chi connectivity index (χ2v) is 0.856. The summed E-state index contributed by atoms with van der Waals surface area (Å²) in [6.45, 7) is 6.03. The molecule has 0 rings (SSSR count). The van der Waals surface area contributed by atoms with Crippen molar-refractivity contribution in [1.82, 2.24) is 0 Å². The van der Waals surface area contributed by atoms with Gasteiger partial charge in [-0.3, -0.25) is 10.5 Å². The van der Waals surface area contributed by atoms with Gasteiger partial charge in [0.15, 0.2) is 0 Å². The van der Waals surface area contributed by atoms with Gasteiger partial charge < -0.3 is 5.32 Å².